The fourth-order valence-corrected chi connectivity index (χ4v) is 3.27. The van der Waals surface area contributed by atoms with E-state index in [-0.39, 0.29) is 6.10 Å². The number of aliphatic hydroxyl groups excluding tert-OH is 1. The van der Waals surface area contributed by atoms with Gasteiger partial charge >= 0.3 is 0 Å². The van der Waals surface area contributed by atoms with E-state index in [9.17, 15) is 5.11 Å². The molecule has 0 bridgehead atoms. The highest BCUT2D eigenvalue weighted by Gasteiger charge is 2.25. The minimum Gasteiger partial charge on any atom is -0.393 e. The third-order valence-corrected chi connectivity index (χ3v) is 4.26. The molecule has 0 saturated heterocycles. The summed E-state index contributed by atoms with van der Waals surface area (Å²) in [6.45, 7) is 1.08. The molecule has 0 heterocycles. The van der Waals surface area contributed by atoms with Crippen LogP contribution in [0, 0.1) is 5.92 Å². The minimum atomic E-state index is -0.0393. The van der Waals surface area contributed by atoms with E-state index in [0.29, 0.717) is 12.0 Å². The molecular weight excluding hydrogens is 210 g/mol. The molecule has 1 aromatic rings. The van der Waals surface area contributed by atoms with Crippen molar-refractivity contribution in [3.8, 4) is 0 Å². The van der Waals surface area contributed by atoms with Crippen LogP contribution in [0.1, 0.15) is 30.4 Å². The van der Waals surface area contributed by atoms with E-state index in [1.165, 1.54) is 30.4 Å². The SMILES string of the molecule is OC1CCC(CNC2Cc3ccccc3C2)C1. The third kappa shape index (κ3) is 2.53. The number of rotatable bonds is 3. The zero-order chi connectivity index (χ0) is 11.7. The van der Waals surface area contributed by atoms with Gasteiger partial charge < -0.3 is 10.4 Å². The molecule has 2 aliphatic rings. The Morgan fingerprint density at radius 2 is 1.82 bits per heavy atom. The van der Waals surface area contributed by atoms with Crippen molar-refractivity contribution in [2.45, 2.75) is 44.2 Å². The van der Waals surface area contributed by atoms with E-state index in [4.69, 9.17) is 0 Å². The molecule has 0 aromatic heterocycles. The van der Waals surface area contributed by atoms with Crippen LogP contribution in [0.2, 0.25) is 0 Å². The number of aliphatic hydroxyl groups is 1. The molecule has 0 aliphatic heterocycles. The average Bonchev–Trinajstić information content (AvgIpc) is 2.91. The monoisotopic (exact) mass is 231 g/mol. The quantitative estimate of drug-likeness (QED) is 0.833. The summed E-state index contributed by atoms with van der Waals surface area (Å²) in [5, 5.41) is 13.2. The predicted octanol–water partition coefficient (Wildman–Crippen LogP) is 1.90. The molecule has 2 atom stereocenters. The molecule has 0 amide bonds. The molecule has 92 valence electrons. The number of fused-ring (bicyclic) bond motifs is 1. The lowest BCUT2D eigenvalue weighted by atomic mass is 10.1. The molecule has 2 unspecified atom stereocenters. The van der Waals surface area contributed by atoms with Gasteiger partial charge in [-0.2, -0.15) is 0 Å². The van der Waals surface area contributed by atoms with Crippen molar-refractivity contribution >= 4 is 0 Å². The standard InChI is InChI=1S/C15H21NO/c17-15-6-5-11(7-15)10-16-14-8-12-3-1-2-4-13(12)9-14/h1-4,11,14-17H,5-10H2. The Labute approximate surface area is 103 Å². The average molecular weight is 231 g/mol. The smallest absolute Gasteiger partial charge is 0.0543 e. The van der Waals surface area contributed by atoms with Gasteiger partial charge in [-0.05, 0) is 55.7 Å². The molecule has 2 aliphatic carbocycles. The molecule has 2 heteroatoms. The Kier molecular flexibility index (Phi) is 3.17. The lowest BCUT2D eigenvalue weighted by Crippen LogP contribution is -2.33. The van der Waals surface area contributed by atoms with Gasteiger partial charge in [-0.25, -0.2) is 0 Å². The summed E-state index contributed by atoms with van der Waals surface area (Å²) < 4.78 is 0. The summed E-state index contributed by atoms with van der Waals surface area (Å²) in [5.41, 5.74) is 3.02. The molecule has 3 rings (SSSR count). The first-order valence-corrected chi connectivity index (χ1v) is 6.79. The number of hydrogen-bond acceptors (Lipinski definition) is 2. The van der Waals surface area contributed by atoms with Crippen molar-refractivity contribution in [1.29, 1.82) is 0 Å². The molecule has 0 spiro atoms. The van der Waals surface area contributed by atoms with Crippen LogP contribution in [-0.4, -0.2) is 23.8 Å². The third-order valence-electron chi connectivity index (χ3n) is 4.26. The minimum absolute atomic E-state index is 0.0393. The van der Waals surface area contributed by atoms with Crippen LogP contribution in [0.3, 0.4) is 0 Å². The largest absolute Gasteiger partial charge is 0.393 e. The predicted molar refractivity (Wildman–Crippen MR) is 69.0 cm³/mol. The number of hydrogen-bond donors (Lipinski definition) is 2. The van der Waals surface area contributed by atoms with Crippen molar-refractivity contribution in [3.63, 3.8) is 0 Å². The second kappa shape index (κ2) is 4.79. The normalized spacial score (nSPS) is 28.5. The zero-order valence-electron chi connectivity index (χ0n) is 10.2. The summed E-state index contributed by atoms with van der Waals surface area (Å²) in [5.74, 6) is 0.689. The molecule has 1 aromatic carbocycles. The molecule has 1 saturated carbocycles. The Morgan fingerprint density at radius 1 is 1.12 bits per heavy atom. The summed E-state index contributed by atoms with van der Waals surface area (Å²) in [6, 6.07) is 9.38. The van der Waals surface area contributed by atoms with E-state index in [1.807, 2.05) is 0 Å². The van der Waals surface area contributed by atoms with Gasteiger partial charge in [0.15, 0.2) is 0 Å². The maximum absolute atomic E-state index is 9.51. The molecule has 0 radical (unpaired) electrons. The Hall–Kier alpha value is -0.860. The van der Waals surface area contributed by atoms with Crippen LogP contribution < -0.4 is 5.32 Å². The van der Waals surface area contributed by atoms with Gasteiger partial charge in [0.05, 0.1) is 6.10 Å². The first kappa shape index (κ1) is 11.2. The Morgan fingerprint density at radius 3 is 2.41 bits per heavy atom. The number of nitrogens with one attached hydrogen (secondary N) is 1. The van der Waals surface area contributed by atoms with Crippen LogP contribution in [-0.2, 0) is 12.8 Å². The van der Waals surface area contributed by atoms with Crippen molar-refractivity contribution in [2.24, 2.45) is 5.92 Å². The van der Waals surface area contributed by atoms with Crippen LogP contribution in [0.4, 0.5) is 0 Å². The molecule has 2 nitrogen and oxygen atoms in total. The van der Waals surface area contributed by atoms with E-state index in [1.54, 1.807) is 0 Å². The second-order valence-electron chi connectivity index (χ2n) is 5.62. The lowest BCUT2D eigenvalue weighted by Gasteiger charge is -2.15. The van der Waals surface area contributed by atoms with E-state index >= 15 is 0 Å². The summed E-state index contributed by atoms with van der Waals surface area (Å²) >= 11 is 0. The van der Waals surface area contributed by atoms with Crippen LogP contribution in [0.15, 0.2) is 24.3 Å². The van der Waals surface area contributed by atoms with Crippen molar-refractivity contribution in [3.05, 3.63) is 35.4 Å². The molecule has 17 heavy (non-hydrogen) atoms. The zero-order valence-corrected chi connectivity index (χ0v) is 10.2. The van der Waals surface area contributed by atoms with E-state index in [2.05, 4.69) is 29.6 Å². The molecule has 2 N–H and O–H groups in total. The van der Waals surface area contributed by atoms with Gasteiger partial charge in [0.1, 0.15) is 0 Å². The highest BCUT2D eigenvalue weighted by molar-refractivity contribution is 5.33. The van der Waals surface area contributed by atoms with E-state index in [0.717, 1.165) is 19.4 Å². The Bertz CT molecular complexity index is 365. The fraction of sp³-hybridized carbons (Fsp3) is 0.600. The van der Waals surface area contributed by atoms with Gasteiger partial charge in [0.2, 0.25) is 0 Å². The summed E-state index contributed by atoms with van der Waals surface area (Å²) in [6.07, 6.45) is 5.48. The van der Waals surface area contributed by atoms with Gasteiger partial charge in [0, 0.05) is 6.04 Å². The van der Waals surface area contributed by atoms with Crippen molar-refractivity contribution < 1.29 is 5.11 Å². The van der Waals surface area contributed by atoms with Gasteiger partial charge in [-0.15, -0.1) is 0 Å². The number of benzene rings is 1. The van der Waals surface area contributed by atoms with Gasteiger partial charge in [-0.1, -0.05) is 24.3 Å². The van der Waals surface area contributed by atoms with Crippen LogP contribution in [0.25, 0.3) is 0 Å². The van der Waals surface area contributed by atoms with Crippen LogP contribution >= 0.6 is 0 Å². The molecule has 1 fully saturated rings. The first-order chi connectivity index (χ1) is 8.31. The highest BCUT2D eigenvalue weighted by Crippen LogP contribution is 2.26. The van der Waals surface area contributed by atoms with E-state index < -0.39 is 0 Å². The topological polar surface area (TPSA) is 32.3 Å². The van der Waals surface area contributed by atoms with Crippen LogP contribution in [0.5, 0.6) is 0 Å². The lowest BCUT2D eigenvalue weighted by molar-refractivity contribution is 0.177. The first-order valence-electron chi connectivity index (χ1n) is 6.79. The summed E-state index contributed by atoms with van der Waals surface area (Å²) in [4.78, 5) is 0. The maximum Gasteiger partial charge on any atom is 0.0543 e. The van der Waals surface area contributed by atoms with Crippen molar-refractivity contribution in [1.82, 2.24) is 5.32 Å². The van der Waals surface area contributed by atoms with Gasteiger partial charge in [-0.3, -0.25) is 0 Å². The fourth-order valence-electron chi connectivity index (χ4n) is 3.27. The molecular formula is C15H21NO. The second-order valence-corrected chi connectivity index (χ2v) is 5.62. The maximum atomic E-state index is 9.51. The van der Waals surface area contributed by atoms with Gasteiger partial charge in [0.25, 0.3) is 0 Å². The summed E-state index contributed by atoms with van der Waals surface area (Å²) in [7, 11) is 0. The highest BCUT2D eigenvalue weighted by atomic mass is 16.3. The Balaban J connectivity index is 1.49. The van der Waals surface area contributed by atoms with Crippen molar-refractivity contribution in [2.75, 3.05) is 6.54 Å².